The molecule has 0 fully saturated rings. The van der Waals surface area contributed by atoms with Crippen LogP contribution in [-0.4, -0.2) is 46.0 Å². The molecule has 3 N–H and O–H groups in total. The van der Waals surface area contributed by atoms with Gasteiger partial charge in [-0.15, -0.1) is 0 Å². The second-order valence-electron chi connectivity index (χ2n) is 11.3. The van der Waals surface area contributed by atoms with Crippen LogP contribution in [-0.2, 0) is 28.3 Å². The third-order valence-corrected chi connectivity index (χ3v) is 8.34. The van der Waals surface area contributed by atoms with Crippen molar-refractivity contribution < 1.29 is 24.6 Å². The van der Waals surface area contributed by atoms with Crippen molar-refractivity contribution in [3.8, 4) is 0 Å². The highest BCUT2D eigenvalue weighted by Crippen LogP contribution is 2.46. The second kappa shape index (κ2) is 14.6. The molecule has 0 saturated heterocycles. The van der Waals surface area contributed by atoms with Crippen LogP contribution >= 0.6 is 11.6 Å². The Kier molecular flexibility index (Phi) is 10.3. The molecular weight excluding hydrogens is 602 g/mol. The van der Waals surface area contributed by atoms with Gasteiger partial charge in [-0.05, 0) is 53.6 Å². The zero-order chi connectivity index (χ0) is 32.7. The number of amides is 3. The number of carbonyl (C=O) groups is 3. The Morgan fingerprint density at radius 2 is 1.65 bits per heavy atom. The number of aliphatic hydroxyl groups is 2. The van der Waals surface area contributed by atoms with Gasteiger partial charge in [-0.3, -0.25) is 14.4 Å². The van der Waals surface area contributed by atoms with E-state index in [9.17, 15) is 24.6 Å². The molecule has 1 aliphatic rings. The maximum absolute atomic E-state index is 14.0. The number of nitrogens with one attached hydrogen (secondary N) is 1. The number of hydrogen-bond donors (Lipinski definition) is 3. The van der Waals surface area contributed by atoms with E-state index in [2.05, 4.69) is 5.32 Å². The molecule has 0 aromatic heterocycles. The Morgan fingerprint density at radius 1 is 0.957 bits per heavy atom. The number of benzene rings is 4. The molecule has 0 aliphatic carbocycles. The van der Waals surface area contributed by atoms with E-state index in [4.69, 9.17) is 11.6 Å². The fraction of sp³-hybridized carbons (Fsp3) is 0.216. The Labute approximate surface area is 273 Å². The first kappa shape index (κ1) is 32.6. The number of nitrogens with zero attached hydrogens (tertiary/aromatic N) is 2. The Bertz CT molecular complexity index is 1730. The van der Waals surface area contributed by atoms with Crippen LogP contribution in [0, 0.1) is 5.92 Å². The van der Waals surface area contributed by atoms with Crippen molar-refractivity contribution in [2.24, 2.45) is 5.92 Å². The van der Waals surface area contributed by atoms with Gasteiger partial charge in [0.15, 0.2) is 5.60 Å². The molecule has 5 rings (SSSR count). The number of aliphatic hydroxyl groups excluding tert-OH is 1. The van der Waals surface area contributed by atoms with Gasteiger partial charge in [0.25, 0.3) is 11.8 Å². The third-order valence-electron chi connectivity index (χ3n) is 8.11. The molecule has 0 radical (unpaired) electrons. The van der Waals surface area contributed by atoms with Crippen molar-refractivity contribution in [3.63, 3.8) is 0 Å². The summed E-state index contributed by atoms with van der Waals surface area (Å²) in [4.78, 5) is 42.8. The van der Waals surface area contributed by atoms with Gasteiger partial charge in [0.2, 0.25) is 5.91 Å². The molecule has 0 spiro atoms. The molecule has 4 aromatic carbocycles. The van der Waals surface area contributed by atoms with Crippen LogP contribution in [0.4, 0.5) is 11.4 Å². The fourth-order valence-corrected chi connectivity index (χ4v) is 5.83. The molecule has 0 bridgehead atoms. The van der Waals surface area contributed by atoms with Gasteiger partial charge < -0.3 is 25.3 Å². The summed E-state index contributed by atoms with van der Waals surface area (Å²) < 4.78 is 0. The molecule has 0 unspecified atom stereocenters. The fourth-order valence-electron chi connectivity index (χ4n) is 5.66. The Morgan fingerprint density at radius 3 is 2.37 bits per heavy atom. The summed E-state index contributed by atoms with van der Waals surface area (Å²) >= 11 is 6.34. The molecule has 3 amide bonds. The van der Waals surface area contributed by atoms with Gasteiger partial charge in [0.1, 0.15) is 0 Å². The largest absolute Gasteiger partial charge is 0.395 e. The van der Waals surface area contributed by atoms with Crippen molar-refractivity contribution in [2.75, 3.05) is 23.4 Å². The van der Waals surface area contributed by atoms with Crippen molar-refractivity contribution in [1.29, 1.82) is 0 Å². The van der Waals surface area contributed by atoms with Gasteiger partial charge in [-0.2, -0.15) is 0 Å². The highest BCUT2D eigenvalue weighted by molar-refractivity contribution is 6.31. The number of rotatable bonds is 12. The van der Waals surface area contributed by atoms with Crippen molar-refractivity contribution in [3.05, 3.63) is 143 Å². The van der Waals surface area contributed by atoms with Gasteiger partial charge in [0, 0.05) is 47.3 Å². The molecule has 8 nitrogen and oxygen atoms in total. The minimum atomic E-state index is -1.92. The van der Waals surface area contributed by atoms with E-state index in [1.807, 2.05) is 42.5 Å². The van der Waals surface area contributed by atoms with Crippen LogP contribution in [0.2, 0.25) is 5.02 Å². The average molecular weight is 638 g/mol. The monoisotopic (exact) mass is 637 g/mol. The predicted molar refractivity (Wildman–Crippen MR) is 179 cm³/mol. The summed E-state index contributed by atoms with van der Waals surface area (Å²) in [6, 6.07) is 30.6. The van der Waals surface area contributed by atoms with Crippen molar-refractivity contribution in [1.82, 2.24) is 4.90 Å². The van der Waals surface area contributed by atoms with E-state index in [1.165, 1.54) is 4.90 Å². The van der Waals surface area contributed by atoms with Crippen LogP contribution in [0.1, 0.15) is 40.4 Å². The first-order valence-corrected chi connectivity index (χ1v) is 15.5. The van der Waals surface area contributed by atoms with E-state index < -0.39 is 17.4 Å². The number of carbonyl (C=O) groups excluding carboxylic acids is 3. The number of anilines is 2. The summed E-state index contributed by atoms with van der Waals surface area (Å²) in [5.74, 6) is -1.65. The van der Waals surface area contributed by atoms with Crippen LogP contribution in [0.25, 0.3) is 0 Å². The van der Waals surface area contributed by atoms with E-state index in [0.717, 1.165) is 11.1 Å². The molecule has 46 heavy (non-hydrogen) atoms. The van der Waals surface area contributed by atoms with Crippen molar-refractivity contribution in [2.45, 2.75) is 32.0 Å². The molecule has 0 saturated carbocycles. The molecule has 2 atom stereocenters. The SMILES string of the molecule is C[C@H](/C=C/CC(=O)N(CCO)Cc1ccccc1)[C@@]1(O)C(=O)N(Cc2cccc(NC(=O)c3ccccc3)c2)c2ccc(Cl)cc21. The van der Waals surface area contributed by atoms with Crippen molar-refractivity contribution >= 4 is 40.7 Å². The topological polar surface area (TPSA) is 110 Å². The predicted octanol–water partition coefficient (Wildman–Crippen LogP) is 5.93. The zero-order valence-electron chi connectivity index (χ0n) is 25.5. The number of halogens is 1. The lowest BCUT2D eigenvalue weighted by Gasteiger charge is -2.28. The molecule has 1 heterocycles. The van der Waals surface area contributed by atoms with Gasteiger partial charge in [-0.1, -0.05) is 91.3 Å². The summed E-state index contributed by atoms with van der Waals surface area (Å²) in [5.41, 5.74) is 1.79. The zero-order valence-corrected chi connectivity index (χ0v) is 26.2. The first-order valence-electron chi connectivity index (χ1n) is 15.1. The quantitative estimate of drug-likeness (QED) is 0.167. The lowest BCUT2D eigenvalue weighted by molar-refractivity contribution is -0.139. The smallest absolute Gasteiger partial charge is 0.264 e. The van der Waals surface area contributed by atoms with Crippen LogP contribution < -0.4 is 10.2 Å². The number of fused-ring (bicyclic) bond motifs is 1. The van der Waals surface area contributed by atoms with E-state index in [0.29, 0.717) is 34.1 Å². The van der Waals surface area contributed by atoms with Crippen LogP contribution in [0.3, 0.4) is 0 Å². The normalized spacial score (nSPS) is 16.3. The standard InChI is InChI=1S/C37H36ClN3O5/c1-26(10-8-17-34(43)40(20-21-42)24-27-11-4-2-5-12-27)37(46)32-23-30(38)18-19-33(32)41(36(37)45)25-28-13-9-16-31(22-28)39-35(44)29-14-6-3-7-15-29/h2-16,18-19,22-23,26,42,46H,17,20-21,24-25H2,1H3,(H,39,44)/b10-8+/t26-,37+/m1/s1. The lowest BCUT2D eigenvalue weighted by Crippen LogP contribution is -2.44. The highest BCUT2D eigenvalue weighted by Gasteiger charge is 2.52. The van der Waals surface area contributed by atoms with Gasteiger partial charge in [-0.25, -0.2) is 0 Å². The molecule has 9 heteroatoms. The molecular formula is C37H36ClN3O5. The maximum Gasteiger partial charge on any atom is 0.264 e. The molecule has 1 aliphatic heterocycles. The van der Waals surface area contributed by atoms with E-state index in [-0.39, 0.29) is 37.9 Å². The third kappa shape index (κ3) is 7.21. The average Bonchev–Trinajstić information content (AvgIpc) is 3.27. The van der Waals surface area contributed by atoms with Crippen LogP contribution in [0.15, 0.2) is 115 Å². The second-order valence-corrected chi connectivity index (χ2v) is 11.7. The van der Waals surface area contributed by atoms with E-state index in [1.54, 1.807) is 84.6 Å². The minimum absolute atomic E-state index is 0.0368. The summed E-state index contributed by atoms with van der Waals surface area (Å²) in [6.45, 7) is 2.27. The maximum atomic E-state index is 14.0. The lowest BCUT2D eigenvalue weighted by atomic mass is 9.83. The van der Waals surface area contributed by atoms with Crippen LogP contribution in [0.5, 0.6) is 0 Å². The number of hydrogen-bond acceptors (Lipinski definition) is 5. The van der Waals surface area contributed by atoms with Gasteiger partial charge in [0.05, 0.1) is 18.8 Å². The first-order chi connectivity index (χ1) is 22.2. The van der Waals surface area contributed by atoms with E-state index >= 15 is 0 Å². The summed E-state index contributed by atoms with van der Waals surface area (Å²) in [5, 5.41) is 24.8. The summed E-state index contributed by atoms with van der Waals surface area (Å²) in [7, 11) is 0. The molecule has 4 aromatic rings. The Hall–Kier alpha value is -4.76. The van der Waals surface area contributed by atoms with Gasteiger partial charge >= 0.3 is 0 Å². The minimum Gasteiger partial charge on any atom is -0.395 e. The molecule has 236 valence electrons. The Balaban J connectivity index is 1.32. The summed E-state index contributed by atoms with van der Waals surface area (Å²) in [6.07, 6.45) is 3.36. The highest BCUT2D eigenvalue weighted by atomic mass is 35.5.